The maximum Gasteiger partial charge on any atom is 0.280 e. The van der Waals surface area contributed by atoms with Gasteiger partial charge in [-0.15, -0.1) is 10.2 Å². The Morgan fingerprint density at radius 3 is 2.66 bits per heavy atom. The molecule has 2 saturated carbocycles. The Morgan fingerprint density at radius 1 is 1.21 bits per heavy atom. The van der Waals surface area contributed by atoms with Gasteiger partial charge in [-0.05, 0) is 50.0 Å². The molecule has 0 aliphatic heterocycles. The fourth-order valence-electron chi connectivity index (χ4n) is 5.89. The van der Waals surface area contributed by atoms with Gasteiger partial charge in [-0.1, -0.05) is 19.0 Å². The highest BCUT2D eigenvalue weighted by molar-refractivity contribution is 5.95. The van der Waals surface area contributed by atoms with Gasteiger partial charge in [0.05, 0.1) is 11.3 Å². The van der Waals surface area contributed by atoms with Gasteiger partial charge in [-0.3, -0.25) is 0 Å². The van der Waals surface area contributed by atoms with Crippen molar-refractivity contribution in [1.29, 1.82) is 0 Å². The summed E-state index contributed by atoms with van der Waals surface area (Å²) in [6.45, 7) is 4.11. The van der Waals surface area contributed by atoms with Gasteiger partial charge in [0.25, 0.3) is 5.89 Å². The number of hydrogen-bond acceptors (Lipinski definition) is 8. The van der Waals surface area contributed by atoms with Crippen LogP contribution in [0.3, 0.4) is 0 Å². The summed E-state index contributed by atoms with van der Waals surface area (Å²) in [6.07, 6.45) is 6.14. The van der Waals surface area contributed by atoms with E-state index < -0.39 is 5.60 Å². The van der Waals surface area contributed by atoms with E-state index in [9.17, 15) is 10.2 Å². The SMILES string of the molecule is CC1CC2(O)CC(C)CC(Nc3c(-c4nc(CO)no4)nnc4[nH]ccc34)(C1)C2. The van der Waals surface area contributed by atoms with Crippen molar-refractivity contribution in [2.24, 2.45) is 11.8 Å². The fraction of sp³-hybridized carbons (Fsp3) is 0.600. The highest BCUT2D eigenvalue weighted by Gasteiger charge is 2.51. The minimum absolute atomic E-state index is 0.201. The molecule has 2 aliphatic rings. The number of rotatable bonds is 4. The Morgan fingerprint density at radius 2 is 1.97 bits per heavy atom. The third-order valence-electron chi connectivity index (χ3n) is 6.29. The number of hydrogen-bond donors (Lipinski definition) is 4. The lowest BCUT2D eigenvalue weighted by atomic mass is 9.59. The van der Waals surface area contributed by atoms with Gasteiger partial charge in [0.1, 0.15) is 6.61 Å². The topological polar surface area (TPSA) is 133 Å². The minimum atomic E-state index is -0.644. The van der Waals surface area contributed by atoms with Crippen LogP contribution in [0, 0.1) is 11.8 Å². The lowest BCUT2D eigenvalue weighted by Crippen LogP contribution is -2.57. The predicted octanol–water partition coefficient (Wildman–Crippen LogP) is 2.63. The molecule has 0 aromatic carbocycles. The number of anilines is 1. The summed E-state index contributed by atoms with van der Waals surface area (Å²) in [4.78, 5) is 7.34. The van der Waals surface area contributed by atoms with Crippen molar-refractivity contribution in [2.75, 3.05) is 5.32 Å². The maximum atomic E-state index is 11.2. The van der Waals surface area contributed by atoms with Gasteiger partial charge in [0.2, 0.25) is 0 Å². The fourth-order valence-corrected chi connectivity index (χ4v) is 5.89. The zero-order chi connectivity index (χ0) is 20.2. The van der Waals surface area contributed by atoms with Crippen LogP contribution in [-0.2, 0) is 6.61 Å². The Bertz CT molecular complexity index is 1030. The molecule has 2 fully saturated rings. The molecule has 0 spiro atoms. The summed E-state index contributed by atoms with van der Waals surface area (Å²) < 4.78 is 5.34. The molecule has 2 bridgehead atoms. The summed E-state index contributed by atoms with van der Waals surface area (Å²) in [7, 11) is 0. The number of nitrogens with one attached hydrogen (secondary N) is 2. The van der Waals surface area contributed by atoms with Gasteiger partial charge in [0.15, 0.2) is 17.2 Å². The number of aliphatic hydroxyl groups is 2. The summed E-state index contributed by atoms with van der Waals surface area (Å²) >= 11 is 0. The highest BCUT2D eigenvalue weighted by Crippen LogP contribution is 2.51. The molecule has 0 amide bonds. The number of aromatic amines is 1. The quantitative estimate of drug-likeness (QED) is 0.527. The molecular formula is C20H26N6O3. The van der Waals surface area contributed by atoms with Crippen molar-refractivity contribution >= 4 is 16.7 Å². The molecule has 29 heavy (non-hydrogen) atoms. The first-order valence-corrected chi connectivity index (χ1v) is 10.2. The zero-order valence-corrected chi connectivity index (χ0v) is 16.6. The normalized spacial score (nSPS) is 31.9. The average molecular weight is 398 g/mol. The van der Waals surface area contributed by atoms with E-state index in [0.29, 0.717) is 29.6 Å². The number of nitrogens with zero attached hydrogens (tertiary/aromatic N) is 4. The predicted molar refractivity (Wildman–Crippen MR) is 106 cm³/mol. The third kappa shape index (κ3) is 3.18. The maximum absolute atomic E-state index is 11.2. The van der Waals surface area contributed by atoms with Crippen molar-refractivity contribution in [1.82, 2.24) is 25.3 Å². The van der Waals surface area contributed by atoms with Crippen LogP contribution in [0.5, 0.6) is 0 Å². The van der Waals surface area contributed by atoms with Crippen LogP contribution in [0.2, 0.25) is 0 Å². The molecule has 3 aromatic heterocycles. The summed E-state index contributed by atoms with van der Waals surface area (Å²) in [5.41, 5.74) is 1.01. The van der Waals surface area contributed by atoms with E-state index in [1.54, 1.807) is 0 Å². The summed E-state index contributed by atoms with van der Waals surface area (Å²) in [5, 5.41) is 37.5. The summed E-state index contributed by atoms with van der Waals surface area (Å²) in [5.74, 6) is 1.25. The molecule has 3 aromatic rings. The number of fused-ring (bicyclic) bond motifs is 3. The van der Waals surface area contributed by atoms with Crippen molar-refractivity contribution in [3.05, 3.63) is 18.1 Å². The van der Waals surface area contributed by atoms with Gasteiger partial charge in [-0.25, -0.2) is 0 Å². The van der Waals surface area contributed by atoms with Gasteiger partial charge < -0.3 is 25.0 Å². The van der Waals surface area contributed by atoms with E-state index >= 15 is 0 Å². The lowest BCUT2D eigenvalue weighted by molar-refractivity contribution is -0.0838. The third-order valence-corrected chi connectivity index (χ3v) is 6.29. The lowest BCUT2D eigenvalue weighted by Gasteiger charge is -2.54. The zero-order valence-electron chi connectivity index (χ0n) is 16.6. The van der Waals surface area contributed by atoms with Crippen LogP contribution in [0.4, 0.5) is 5.69 Å². The van der Waals surface area contributed by atoms with Gasteiger partial charge in [0, 0.05) is 17.1 Å². The van der Waals surface area contributed by atoms with E-state index in [1.165, 1.54) is 0 Å². The van der Waals surface area contributed by atoms with Gasteiger partial charge in [-0.2, -0.15) is 4.98 Å². The van der Waals surface area contributed by atoms with Crippen LogP contribution in [0.25, 0.3) is 22.6 Å². The molecular weight excluding hydrogens is 372 g/mol. The molecule has 3 heterocycles. The molecule has 9 heteroatoms. The number of aliphatic hydroxyl groups excluding tert-OH is 1. The molecule has 5 rings (SSSR count). The number of aromatic nitrogens is 5. The first-order chi connectivity index (χ1) is 13.9. The second kappa shape index (κ2) is 6.50. The largest absolute Gasteiger partial charge is 0.390 e. The van der Waals surface area contributed by atoms with E-state index in [0.717, 1.165) is 36.8 Å². The van der Waals surface area contributed by atoms with Crippen LogP contribution in [0.15, 0.2) is 16.8 Å². The first-order valence-electron chi connectivity index (χ1n) is 10.2. The average Bonchev–Trinajstić information content (AvgIpc) is 3.28. The minimum Gasteiger partial charge on any atom is -0.390 e. The molecule has 4 N–H and O–H groups in total. The Labute approximate surface area is 167 Å². The second-order valence-corrected chi connectivity index (χ2v) is 9.17. The summed E-state index contributed by atoms with van der Waals surface area (Å²) in [6, 6.07) is 1.94. The highest BCUT2D eigenvalue weighted by atomic mass is 16.5. The smallest absolute Gasteiger partial charge is 0.280 e. The monoisotopic (exact) mass is 398 g/mol. The molecule has 154 valence electrons. The van der Waals surface area contributed by atoms with Crippen molar-refractivity contribution in [3.8, 4) is 11.6 Å². The standard InChI is InChI=1S/C20H26N6O3/c1-11-5-19(6-12(2)8-20(28,7-11)10-19)23-15-13-3-4-21-17(13)25-24-16(15)18-22-14(9-27)26-29-18/h3-4,11-12,27-28H,5-10H2,1-2H3,(H2,21,23,25). The van der Waals surface area contributed by atoms with E-state index in [-0.39, 0.29) is 23.9 Å². The Kier molecular flexibility index (Phi) is 4.15. The van der Waals surface area contributed by atoms with Crippen LogP contribution in [0.1, 0.15) is 51.8 Å². The van der Waals surface area contributed by atoms with Gasteiger partial charge >= 0.3 is 0 Å². The number of H-pyrrole nitrogens is 1. The molecule has 2 aliphatic carbocycles. The molecule has 0 radical (unpaired) electrons. The second-order valence-electron chi connectivity index (χ2n) is 9.17. The van der Waals surface area contributed by atoms with Crippen LogP contribution >= 0.6 is 0 Å². The van der Waals surface area contributed by atoms with Crippen molar-refractivity contribution in [3.63, 3.8) is 0 Å². The van der Waals surface area contributed by atoms with E-state index in [1.807, 2.05) is 12.3 Å². The van der Waals surface area contributed by atoms with Crippen LogP contribution < -0.4 is 5.32 Å². The Hall–Kier alpha value is -2.52. The molecule has 9 nitrogen and oxygen atoms in total. The Balaban J connectivity index is 1.62. The van der Waals surface area contributed by atoms with Crippen molar-refractivity contribution in [2.45, 2.75) is 63.7 Å². The van der Waals surface area contributed by atoms with Crippen LogP contribution in [-0.4, -0.2) is 46.7 Å². The van der Waals surface area contributed by atoms with E-state index in [2.05, 4.69) is 44.5 Å². The van der Waals surface area contributed by atoms with E-state index in [4.69, 9.17) is 4.52 Å². The molecule has 2 unspecified atom stereocenters. The van der Waals surface area contributed by atoms with Crippen molar-refractivity contribution < 1.29 is 14.7 Å². The molecule has 0 saturated heterocycles. The first kappa shape index (κ1) is 18.5. The molecule has 2 atom stereocenters.